The summed E-state index contributed by atoms with van der Waals surface area (Å²) in [6, 6.07) is 0. The Bertz CT molecular complexity index is 578. The van der Waals surface area contributed by atoms with E-state index in [2.05, 4.69) is 9.38 Å². The number of hydrogen-bond acceptors (Lipinski definition) is 3. The van der Waals surface area contributed by atoms with Gasteiger partial charge in [-0.3, -0.25) is 4.40 Å². The first-order valence-electron chi connectivity index (χ1n) is 7.45. The predicted molar refractivity (Wildman–Crippen MR) is 76.6 cm³/mol. The first-order chi connectivity index (χ1) is 9.33. The number of thiazole rings is 1. The maximum Gasteiger partial charge on any atom is 0.120 e. The minimum absolute atomic E-state index is 0.304. The van der Waals surface area contributed by atoms with Gasteiger partial charge in [-0.1, -0.05) is 25.7 Å². The van der Waals surface area contributed by atoms with Gasteiger partial charge in [-0.05, 0) is 31.1 Å². The van der Waals surface area contributed by atoms with E-state index in [1.54, 1.807) is 0 Å². The average molecular weight is 276 g/mol. The molecule has 0 bridgehead atoms. The van der Waals surface area contributed by atoms with Crippen LogP contribution in [0.15, 0.2) is 12.5 Å². The summed E-state index contributed by atoms with van der Waals surface area (Å²) in [6.07, 6.45) is 12.3. The van der Waals surface area contributed by atoms with E-state index >= 15 is 0 Å². The number of aliphatic hydroxyl groups excluding tert-OH is 1. The van der Waals surface area contributed by atoms with Crippen LogP contribution in [-0.2, 0) is 0 Å². The molecule has 2 heterocycles. The van der Waals surface area contributed by atoms with Gasteiger partial charge >= 0.3 is 0 Å². The highest BCUT2D eigenvalue weighted by molar-refractivity contribution is 7.17. The molecule has 2 aromatic rings. The van der Waals surface area contributed by atoms with E-state index in [9.17, 15) is 5.11 Å². The molecule has 4 rings (SSSR count). The molecule has 0 aromatic carbocycles. The second kappa shape index (κ2) is 4.60. The van der Waals surface area contributed by atoms with Crippen molar-refractivity contribution in [2.24, 2.45) is 5.92 Å². The Morgan fingerprint density at radius 1 is 1.32 bits per heavy atom. The Balaban J connectivity index is 1.67. The Kier molecular flexibility index (Phi) is 2.88. The van der Waals surface area contributed by atoms with Gasteiger partial charge < -0.3 is 5.11 Å². The fraction of sp³-hybridized carbons (Fsp3) is 0.667. The molecule has 0 amide bonds. The summed E-state index contributed by atoms with van der Waals surface area (Å²) < 4.78 is 2.12. The van der Waals surface area contributed by atoms with Crippen LogP contribution in [0.5, 0.6) is 0 Å². The summed E-state index contributed by atoms with van der Waals surface area (Å²) in [5.74, 6) is 1.43. The molecule has 2 fully saturated rings. The second-order valence-electron chi connectivity index (χ2n) is 6.13. The summed E-state index contributed by atoms with van der Waals surface area (Å²) in [6.45, 7) is 0. The number of aliphatic hydroxyl groups is 1. The molecule has 2 aliphatic rings. The zero-order chi connectivity index (χ0) is 12.8. The third-order valence-corrected chi connectivity index (χ3v) is 5.90. The summed E-state index contributed by atoms with van der Waals surface area (Å²) >= 11 is 1.83. The van der Waals surface area contributed by atoms with E-state index in [1.807, 2.05) is 23.9 Å². The Hall–Kier alpha value is -0.870. The van der Waals surface area contributed by atoms with Crippen LogP contribution >= 0.6 is 11.3 Å². The minimum atomic E-state index is -0.304. The second-order valence-corrected chi connectivity index (χ2v) is 7.19. The number of nitrogens with zero attached hydrogens (tertiary/aromatic N) is 2. The molecule has 1 unspecified atom stereocenters. The molecule has 3 nitrogen and oxygen atoms in total. The molecule has 0 saturated heterocycles. The van der Waals surface area contributed by atoms with Crippen molar-refractivity contribution in [3.63, 3.8) is 0 Å². The van der Waals surface area contributed by atoms with Crippen LogP contribution in [0.2, 0.25) is 0 Å². The number of fused-ring (bicyclic) bond motifs is 1. The van der Waals surface area contributed by atoms with Crippen LogP contribution < -0.4 is 0 Å². The largest absolute Gasteiger partial charge is 0.387 e. The van der Waals surface area contributed by atoms with Crippen LogP contribution in [0.3, 0.4) is 0 Å². The van der Waals surface area contributed by atoms with Gasteiger partial charge in [0.1, 0.15) is 11.2 Å². The summed E-state index contributed by atoms with van der Waals surface area (Å²) in [7, 11) is 0. The van der Waals surface area contributed by atoms with Crippen molar-refractivity contribution in [3.8, 4) is 0 Å². The van der Waals surface area contributed by atoms with E-state index in [0.29, 0.717) is 5.92 Å². The normalized spacial score (nSPS) is 22.4. The molecule has 0 spiro atoms. The minimum Gasteiger partial charge on any atom is -0.387 e. The van der Waals surface area contributed by atoms with E-state index in [-0.39, 0.29) is 6.10 Å². The third-order valence-electron chi connectivity index (χ3n) is 4.63. The molecule has 2 aromatic heterocycles. The quantitative estimate of drug-likeness (QED) is 0.920. The molecular formula is C15H20N2OS. The van der Waals surface area contributed by atoms with Gasteiger partial charge in [-0.2, -0.15) is 0 Å². The topological polar surface area (TPSA) is 37.5 Å². The lowest BCUT2D eigenvalue weighted by Crippen LogP contribution is -2.08. The first kappa shape index (κ1) is 11.9. The van der Waals surface area contributed by atoms with Crippen LogP contribution in [0, 0.1) is 5.92 Å². The van der Waals surface area contributed by atoms with Gasteiger partial charge in [0.25, 0.3) is 0 Å². The first-order valence-corrected chi connectivity index (χ1v) is 8.27. The zero-order valence-corrected chi connectivity index (χ0v) is 11.9. The summed E-state index contributed by atoms with van der Waals surface area (Å²) in [5.41, 5.74) is 1.15. The molecule has 19 heavy (non-hydrogen) atoms. The van der Waals surface area contributed by atoms with E-state index in [4.69, 9.17) is 0 Å². The van der Waals surface area contributed by atoms with E-state index in [1.165, 1.54) is 48.2 Å². The van der Waals surface area contributed by atoms with Crippen LogP contribution in [0.25, 0.3) is 4.83 Å². The molecule has 0 aliphatic heterocycles. The molecule has 1 atom stereocenters. The molecule has 2 aliphatic carbocycles. The van der Waals surface area contributed by atoms with Crippen molar-refractivity contribution in [2.45, 2.75) is 57.0 Å². The lowest BCUT2D eigenvalue weighted by Gasteiger charge is -2.16. The van der Waals surface area contributed by atoms with Crippen LogP contribution in [0.4, 0.5) is 0 Å². The van der Waals surface area contributed by atoms with Gasteiger partial charge in [-0.25, -0.2) is 4.98 Å². The number of aromatic nitrogens is 2. The standard InChI is InChI=1S/C15H20N2OS/c18-12(7-10-3-1-2-4-10)14-15(11-5-6-11)19-13-8-16-9-17(13)14/h8-12,18H,1-7H2. The highest BCUT2D eigenvalue weighted by Gasteiger charge is 2.33. The van der Waals surface area contributed by atoms with Crippen molar-refractivity contribution in [2.75, 3.05) is 0 Å². The molecule has 102 valence electrons. The fourth-order valence-electron chi connectivity index (χ4n) is 3.46. The van der Waals surface area contributed by atoms with Crippen LogP contribution in [0.1, 0.15) is 67.5 Å². The predicted octanol–water partition coefficient (Wildman–Crippen LogP) is 3.89. The van der Waals surface area contributed by atoms with E-state index in [0.717, 1.165) is 18.0 Å². The van der Waals surface area contributed by atoms with E-state index < -0.39 is 0 Å². The van der Waals surface area contributed by atoms with Crippen molar-refractivity contribution < 1.29 is 5.11 Å². The third kappa shape index (κ3) is 2.11. The SMILES string of the molecule is OC(CC1CCCC1)c1c(C2CC2)sc2cncn12. The molecular weight excluding hydrogens is 256 g/mol. The smallest absolute Gasteiger partial charge is 0.120 e. The lowest BCUT2D eigenvalue weighted by atomic mass is 9.97. The number of hydrogen-bond donors (Lipinski definition) is 1. The van der Waals surface area contributed by atoms with Gasteiger partial charge in [0.15, 0.2) is 0 Å². The summed E-state index contributed by atoms with van der Waals surface area (Å²) in [5, 5.41) is 10.7. The molecule has 0 radical (unpaired) electrons. The maximum atomic E-state index is 10.7. The molecule has 1 N–H and O–H groups in total. The van der Waals surface area contributed by atoms with Gasteiger partial charge in [0.05, 0.1) is 18.0 Å². The Labute approximate surface area is 117 Å². The number of rotatable bonds is 4. The average Bonchev–Trinajstić information content (AvgIpc) is 2.82. The van der Waals surface area contributed by atoms with Gasteiger partial charge in [0, 0.05) is 4.88 Å². The van der Waals surface area contributed by atoms with Crippen molar-refractivity contribution >= 4 is 16.2 Å². The molecule has 2 saturated carbocycles. The van der Waals surface area contributed by atoms with Crippen LogP contribution in [-0.4, -0.2) is 14.5 Å². The highest BCUT2D eigenvalue weighted by atomic mass is 32.1. The monoisotopic (exact) mass is 276 g/mol. The Morgan fingerprint density at radius 3 is 2.84 bits per heavy atom. The molecule has 4 heteroatoms. The van der Waals surface area contributed by atoms with Crippen molar-refractivity contribution in [1.82, 2.24) is 9.38 Å². The highest BCUT2D eigenvalue weighted by Crippen LogP contribution is 2.48. The fourth-order valence-corrected chi connectivity index (χ4v) is 4.78. The van der Waals surface area contributed by atoms with Crippen molar-refractivity contribution in [3.05, 3.63) is 23.1 Å². The number of imidazole rings is 1. The zero-order valence-electron chi connectivity index (χ0n) is 11.1. The Morgan fingerprint density at radius 2 is 2.11 bits per heavy atom. The lowest BCUT2D eigenvalue weighted by molar-refractivity contribution is 0.139. The summed E-state index contributed by atoms with van der Waals surface area (Å²) in [4.78, 5) is 6.82. The maximum absolute atomic E-state index is 10.7. The van der Waals surface area contributed by atoms with Crippen molar-refractivity contribution in [1.29, 1.82) is 0 Å². The van der Waals surface area contributed by atoms with Gasteiger partial charge in [0.2, 0.25) is 0 Å². The van der Waals surface area contributed by atoms with Gasteiger partial charge in [-0.15, -0.1) is 11.3 Å².